The Morgan fingerprint density at radius 2 is 2.16 bits per heavy atom. The van der Waals surface area contributed by atoms with Crippen molar-refractivity contribution in [1.82, 2.24) is 4.90 Å². The number of nitrogens with zero attached hydrogens (tertiary/aromatic N) is 2. The number of aryl methyl sites for hydroxylation is 1. The van der Waals surface area contributed by atoms with E-state index in [4.69, 9.17) is 16.9 Å². The highest BCUT2D eigenvalue weighted by Crippen LogP contribution is 2.26. The molecule has 19 heavy (non-hydrogen) atoms. The third kappa shape index (κ3) is 3.08. The second-order valence-electron chi connectivity index (χ2n) is 5.01. The highest BCUT2D eigenvalue weighted by atomic mass is 35.5. The molecule has 1 aromatic rings. The van der Waals surface area contributed by atoms with Crippen LogP contribution in [-0.2, 0) is 0 Å². The zero-order valence-electron chi connectivity index (χ0n) is 11.0. The van der Waals surface area contributed by atoms with Crippen LogP contribution < -0.4 is 0 Å². The Labute approximate surface area is 118 Å². The summed E-state index contributed by atoms with van der Waals surface area (Å²) in [5, 5.41) is 9.39. The number of carbonyl (C=O) groups is 1. The van der Waals surface area contributed by atoms with E-state index in [2.05, 4.69) is 6.07 Å². The van der Waals surface area contributed by atoms with Crippen molar-refractivity contribution in [3.63, 3.8) is 0 Å². The molecule has 1 aliphatic carbocycles. The molecule has 0 spiro atoms. The minimum Gasteiger partial charge on any atom is -0.322 e. The number of amides is 1. The van der Waals surface area contributed by atoms with Crippen LogP contribution in [0.3, 0.4) is 0 Å². The molecule has 0 heterocycles. The fraction of sp³-hybridized carbons (Fsp3) is 0.467. The molecule has 0 aliphatic heterocycles. The van der Waals surface area contributed by atoms with Gasteiger partial charge in [0.2, 0.25) is 0 Å². The summed E-state index contributed by atoms with van der Waals surface area (Å²) in [5.74, 6) is -0.126. The Morgan fingerprint density at radius 3 is 2.74 bits per heavy atom. The lowest BCUT2D eigenvalue weighted by atomic mass is 10.1. The number of rotatable bonds is 3. The Morgan fingerprint density at radius 1 is 1.47 bits per heavy atom. The second-order valence-corrected chi connectivity index (χ2v) is 5.42. The molecule has 1 aliphatic rings. The Kier molecular flexibility index (Phi) is 4.44. The molecule has 2 rings (SSSR count). The van der Waals surface area contributed by atoms with Crippen LogP contribution in [0.15, 0.2) is 18.2 Å². The monoisotopic (exact) mass is 276 g/mol. The predicted octanol–water partition coefficient (Wildman–Crippen LogP) is 3.56. The molecular formula is C15H17ClN2O. The zero-order valence-corrected chi connectivity index (χ0v) is 11.8. The fourth-order valence-corrected chi connectivity index (χ4v) is 2.92. The first-order chi connectivity index (χ1) is 9.13. The minimum absolute atomic E-state index is 0.126. The van der Waals surface area contributed by atoms with Crippen molar-refractivity contribution in [3.05, 3.63) is 34.3 Å². The van der Waals surface area contributed by atoms with E-state index < -0.39 is 0 Å². The van der Waals surface area contributed by atoms with Crippen LogP contribution in [0.4, 0.5) is 0 Å². The van der Waals surface area contributed by atoms with Crippen LogP contribution in [0.25, 0.3) is 0 Å². The van der Waals surface area contributed by atoms with Gasteiger partial charge in [0, 0.05) is 6.04 Å². The van der Waals surface area contributed by atoms with E-state index in [1.54, 1.807) is 17.0 Å². The lowest BCUT2D eigenvalue weighted by molar-refractivity contribution is 0.0709. The van der Waals surface area contributed by atoms with Crippen molar-refractivity contribution in [2.24, 2.45) is 0 Å². The number of hydrogen-bond acceptors (Lipinski definition) is 2. The predicted molar refractivity (Wildman–Crippen MR) is 75.1 cm³/mol. The van der Waals surface area contributed by atoms with Gasteiger partial charge in [0.05, 0.1) is 16.7 Å². The summed E-state index contributed by atoms with van der Waals surface area (Å²) in [6.45, 7) is 2.07. The first kappa shape index (κ1) is 13.9. The third-order valence-electron chi connectivity index (χ3n) is 3.62. The third-order valence-corrected chi connectivity index (χ3v) is 3.94. The van der Waals surface area contributed by atoms with Crippen molar-refractivity contribution in [2.75, 3.05) is 6.54 Å². The van der Waals surface area contributed by atoms with Crippen LogP contribution in [0.1, 0.15) is 41.6 Å². The van der Waals surface area contributed by atoms with Crippen molar-refractivity contribution in [1.29, 1.82) is 5.26 Å². The lowest BCUT2D eigenvalue weighted by Gasteiger charge is -2.26. The van der Waals surface area contributed by atoms with Crippen LogP contribution in [-0.4, -0.2) is 23.4 Å². The first-order valence-electron chi connectivity index (χ1n) is 6.57. The summed E-state index contributed by atoms with van der Waals surface area (Å²) in [6.07, 6.45) is 4.22. The summed E-state index contributed by atoms with van der Waals surface area (Å²) >= 11 is 6.14. The van der Waals surface area contributed by atoms with Gasteiger partial charge in [0.1, 0.15) is 6.54 Å². The van der Waals surface area contributed by atoms with Gasteiger partial charge in [0.15, 0.2) is 0 Å². The molecule has 4 heteroatoms. The molecule has 0 bridgehead atoms. The highest BCUT2D eigenvalue weighted by molar-refractivity contribution is 6.33. The second kappa shape index (κ2) is 6.08. The highest BCUT2D eigenvalue weighted by Gasteiger charge is 2.28. The topological polar surface area (TPSA) is 44.1 Å². The molecule has 1 saturated carbocycles. The number of hydrogen-bond donors (Lipinski definition) is 0. The maximum absolute atomic E-state index is 12.5. The average Bonchev–Trinajstić information content (AvgIpc) is 2.89. The summed E-state index contributed by atoms with van der Waals surface area (Å²) in [5.41, 5.74) is 1.52. The van der Waals surface area contributed by atoms with E-state index in [0.717, 1.165) is 31.2 Å². The Hall–Kier alpha value is -1.53. The summed E-state index contributed by atoms with van der Waals surface area (Å²) < 4.78 is 0. The smallest absolute Gasteiger partial charge is 0.256 e. The van der Waals surface area contributed by atoms with Crippen molar-refractivity contribution in [3.8, 4) is 6.07 Å². The van der Waals surface area contributed by atoms with Gasteiger partial charge in [0.25, 0.3) is 5.91 Å². The first-order valence-corrected chi connectivity index (χ1v) is 6.95. The van der Waals surface area contributed by atoms with Crippen LogP contribution in [0.5, 0.6) is 0 Å². The lowest BCUT2D eigenvalue weighted by Crippen LogP contribution is -2.39. The molecule has 0 saturated heterocycles. The van der Waals surface area contributed by atoms with E-state index in [1.165, 1.54) is 0 Å². The Bertz CT molecular complexity index is 515. The van der Waals surface area contributed by atoms with Crippen molar-refractivity contribution >= 4 is 17.5 Å². The number of nitriles is 1. The van der Waals surface area contributed by atoms with Gasteiger partial charge < -0.3 is 4.90 Å². The average molecular weight is 277 g/mol. The quantitative estimate of drug-likeness (QED) is 0.793. The van der Waals surface area contributed by atoms with Crippen LogP contribution in [0.2, 0.25) is 5.02 Å². The van der Waals surface area contributed by atoms with Gasteiger partial charge in [-0.25, -0.2) is 0 Å². The van der Waals surface area contributed by atoms with Gasteiger partial charge in [-0.2, -0.15) is 5.26 Å². The molecule has 1 aromatic carbocycles. The molecule has 0 unspecified atom stereocenters. The summed E-state index contributed by atoms with van der Waals surface area (Å²) in [6, 6.07) is 7.68. The minimum atomic E-state index is -0.126. The van der Waals surface area contributed by atoms with Gasteiger partial charge >= 0.3 is 0 Å². The standard InChI is InChI=1S/C15H17ClN2O/c1-11-6-7-13(14(16)10-11)15(19)18(9-8-17)12-4-2-3-5-12/h6-7,10,12H,2-5,9H2,1H3. The largest absolute Gasteiger partial charge is 0.322 e. The fourth-order valence-electron chi connectivity index (χ4n) is 2.61. The molecule has 1 amide bonds. The van der Waals surface area contributed by atoms with E-state index in [0.29, 0.717) is 10.6 Å². The summed E-state index contributed by atoms with van der Waals surface area (Å²) in [4.78, 5) is 14.2. The van der Waals surface area contributed by atoms with Gasteiger partial charge in [-0.15, -0.1) is 0 Å². The molecule has 1 fully saturated rings. The maximum atomic E-state index is 12.5. The van der Waals surface area contributed by atoms with Crippen LogP contribution in [0, 0.1) is 18.3 Å². The molecule has 0 aromatic heterocycles. The number of carbonyl (C=O) groups excluding carboxylic acids is 1. The van der Waals surface area contributed by atoms with Crippen molar-refractivity contribution < 1.29 is 4.79 Å². The molecule has 0 N–H and O–H groups in total. The molecule has 3 nitrogen and oxygen atoms in total. The van der Waals surface area contributed by atoms with E-state index in [1.807, 2.05) is 13.0 Å². The normalized spacial score (nSPS) is 15.2. The maximum Gasteiger partial charge on any atom is 0.256 e. The summed E-state index contributed by atoms with van der Waals surface area (Å²) in [7, 11) is 0. The van der Waals surface area contributed by atoms with E-state index >= 15 is 0 Å². The van der Waals surface area contributed by atoms with Gasteiger partial charge in [-0.1, -0.05) is 30.5 Å². The zero-order chi connectivity index (χ0) is 13.8. The van der Waals surface area contributed by atoms with Gasteiger partial charge in [-0.3, -0.25) is 4.79 Å². The molecule has 0 atom stereocenters. The van der Waals surface area contributed by atoms with E-state index in [9.17, 15) is 4.79 Å². The number of halogens is 1. The molecule has 0 radical (unpaired) electrons. The number of benzene rings is 1. The van der Waals surface area contributed by atoms with E-state index in [-0.39, 0.29) is 18.5 Å². The van der Waals surface area contributed by atoms with Crippen LogP contribution >= 0.6 is 11.6 Å². The Balaban J connectivity index is 2.25. The molecular weight excluding hydrogens is 260 g/mol. The van der Waals surface area contributed by atoms with Gasteiger partial charge in [-0.05, 0) is 37.5 Å². The molecule has 100 valence electrons. The van der Waals surface area contributed by atoms with Crippen molar-refractivity contribution in [2.45, 2.75) is 38.6 Å². The SMILES string of the molecule is Cc1ccc(C(=O)N(CC#N)C2CCCC2)c(Cl)c1.